The first kappa shape index (κ1) is 14.3. The zero-order chi connectivity index (χ0) is 13.2. The maximum Gasteiger partial charge on any atom is 0.00475 e. The average molecular weight is 252 g/mol. The van der Waals surface area contributed by atoms with E-state index in [9.17, 15) is 0 Å². The normalized spacial score (nSPS) is 32.7. The summed E-state index contributed by atoms with van der Waals surface area (Å²) in [5, 5.41) is 3.57. The van der Waals surface area contributed by atoms with Gasteiger partial charge in [0.15, 0.2) is 0 Å². The van der Waals surface area contributed by atoms with Crippen LogP contribution in [0.1, 0.15) is 53.4 Å². The van der Waals surface area contributed by atoms with Gasteiger partial charge in [0.2, 0.25) is 0 Å². The molecule has 2 heterocycles. The van der Waals surface area contributed by atoms with E-state index in [0.29, 0.717) is 10.8 Å². The second-order valence-electron chi connectivity index (χ2n) is 8.01. The molecule has 2 nitrogen and oxygen atoms in total. The van der Waals surface area contributed by atoms with E-state index in [-0.39, 0.29) is 0 Å². The van der Waals surface area contributed by atoms with Gasteiger partial charge in [-0.25, -0.2) is 0 Å². The van der Waals surface area contributed by atoms with Crippen LogP contribution in [0.25, 0.3) is 0 Å². The van der Waals surface area contributed by atoms with E-state index in [0.717, 1.165) is 5.92 Å². The lowest BCUT2D eigenvalue weighted by Crippen LogP contribution is -2.48. The molecule has 2 rings (SSSR count). The SMILES string of the molecule is CC1(CN2CCC(C(C)(C)C)CC2)CCCNC1. The van der Waals surface area contributed by atoms with Crippen molar-refractivity contribution in [2.75, 3.05) is 32.7 Å². The Balaban J connectivity index is 1.79. The fourth-order valence-corrected chi connectivity index (χ4v) is 3.75. The van der Waals surface area contributed by atoms with Crippen molar-refractivity contribution in [2.45, 2.75) is 53.4 Å². The fraction of sp³-hybridized carbons (Fsp3) is 1.00. The Morgan fingerprint density at radius 1 is 1.22 bits per heavy atom. The van der Waals surface area contributed by atoms with E-state index in [1.807, 2.05) is 0 Å². The van der Waals surface area contributed by atoms with Crippen LogP contribution in [0.15, 0.2) is 0 Å². The van der Waals surface area contributed by atoms with Gasteiger partial charge in [0.1, 0.15) is 0 Å². The third kappa shape index (κ3) is 3.71. The summed E-state index contributed by atoms with van der Waals surface area (Å²) in [7, 11) is 0. The number of likely N-dealkylation sites (tertiary alicyclic amines) is 1. The molecule has 106 valence electrons. The summed E-state index contributed by atoms with van der Waals surface area (Å²) in [6, 6.07) is 0. The van der Waals surface area contributed by atoms with Gasteiger partial charge >= 0.3 is 0 Å². The minimum atomic E-state index is 0.502. The van der Waals surface area contributed by atoms with Crippen LogP contribution in [-0.4, -0.2) is 37.6 Å². The summed E-state index contributed by atoms with van der Waals surface area (Å²) in [6.45, 7) is 16.0. The van der Waals surface area contributed by atoms with Gasteiger partial charge in [-0.1, -0.05) is 27.7 Å². The lowest BCUT2D eigenvalue weighted by atomic mass is 9.74. The highest BCUT2D eigenvalue weighted by molar-refractivity contribution is 4.87. The molecule has 0 aromatic carbocycles. The molecule has 0 saturated carbocycles. The van der Waals surface area contributed by atoms with Gasteiger partial charge in [-0.15, -0.1) is 0 Å². The van der Waals surface area contributed by atoms with Crippen molar-refractivity contribution < 1.29 is 0 Å². The second-order valence-corrected chi connectivity index (χ2v) is 8.01. The van der Waals surface area contributed by atoms with Gasteiger partial charge in [-0.2, -0.15) is 0 Å². The largest absolute Gasteiger partial charge is 0.316 e. The first-order valence-corrected chi connectivity index (χ1v) is 7.82. The number of hydrogen-bond donors (Lipinski definition) is 1. The Bertz CT molecular complexity index is 253. The molecule has 0 aromatic heterocycles. The number of nitrogens with zero attached hydrogens (tertiary/aromatic N) is 1. The molecule has 0 aliphatic carbocycles. The molecule has 0 spiro atoms. The van der Waals surface area contributed by atoms with Crippen molar-refractivity contribution in [1.82, 2.24) is 10.2 Å². The molecule has 1 unspecified atom stereocenters. The van der Waals surface area contributed by atoms with Crippen molar-refractivity contribution in [3.05, 3.63) is 0 Å². The lowest BCUT2D eigenvalue weighted by molar-refractivity contribution is 0.0698. The zero-order valence-electron chi connectivity index (χ0n) is 12.9. The van der Waals surface area contributed by atoms with Gasteiger partial charge in [-0.05, 0) is 62.1 Å². The predicted molar refractivity (Wildman–Crippen MR) is 78.8 cm³/mol. The predicted octanol–water partition coefficient (Wildman–Crippen LogP) is 3.13. The van der Waals surface area contributed by atoms with E-state index < -0.39 is 0 Å². The molecule has 2 heteroatoms. The summed E-state index contributed by atoms with van der Waals surface area (Å²) in [5.41, 5.74) is 1.02. The van der Waals surface area contributed by atoms with Crippen LogP contribution in [0.3, 0.4) is 0 Å². The highest BCUT2D eigenvalue weighted by atomic mass is 15.1. The molecule has 0 aromatic rings. The molecule has 1 N–H and O–H groups in total. The van der Waals surface area contributed by atoms with Crippen molar-refractivity contribution in [3.63, 3.8) is 0 Å². The maximum absolute atomic E-state index is 3.57. The topological polar surface area (TPSA) is 15.3 Å². The van der Waals surface area contributed by atoms with E-state index >= 15 is 0 Å². The van der Waals surface area contributed by atoms with E-state index in [1.165, 1.54) is 58.4 Å². The van der Waals surface area contributed by atoms with Crippen LogP contribution in [0.2, 0.25) is 0 Å². The maximum atomic E-state index is 3.57. The molecule has 18 heavy (non-hydrogen) atoms. The smallest absolute Gasteiger partial charge is 0.00475 e. The average Bonchev–Trinajstić information content (AvgIpc) is 2.29. The molecule has 1 atom stereocenters. The molecule has 0 radical (unpaired) electrons. The molecular weight excluding hydrogens is 220 g/mol. The Labute approximate surface area is 114 Å². The number of nitrogens with one attached hydrogen (secondary N) is 1. The van der Waals surface area contributed by atoms with Crippen molar-refractivity contribution in [2.24, 2.45) is 16.7 Å². The molecular formula is C16H32N2. The molecule has 0 amide bonds. The highest BCUT2D eigenvalue weighted by Crippen LogP contribution is 2.35. The monoisotopic (exact) mass is 252 g/mol. The first-order valence-electron chi connectivity index (χ1n) is 7.82. The fourth-order valence-electron chi connectivity index (χ4n) is 3.75. The molecule has 0 bridgehead atoms. The van der Waals surface area contributed by atoms with Crippen molar-refractivity contribution in [1.29, 1.82) is 0 Å². The number of piperidine rings is 2. The summed E-state index contributed by atoms with van der Waals surface area (Å²) >= 11 is 0. The first-order chi connectivity index (χ1) is 8.39. The van der Waals surface area contributed by atoms with Gasteiger partial charge in [0.05, 0.1) is 0 Å². The molecule has 2 aliphatic rings. The van der Waals surface area contributed by atoms with Crippen LogP contribution >= 0.6 is 0 Å². The minimum absolute atomic E-state index is 0.502. The summed E-state index contributed by atoms with van der Waals surface area (Å²) < 4.78 is 0. The third-order valence-corrected chi connectivity index (χ3v) is 5.10. The molecule has 2 aliphatic heterocycles. The van der Waals surface area contributed by atoms with E-state index in [1.54, 1.807) is 0 Å². The number of rotatable bonds is 2. The van der Waals surface area contributed by atoms with Gasteiger partial charge < -0.3 is 10.2 Å². The zero-order valence-corrected chi connectivity index (χ0v) is 12.9. The Morgan fingerprint density at radius 3 is 2.39 bits per heavy atom. The molecule has 2 saturated heterocycles. The minimum Gasteiger partial charge on any atom is -0.316 e. The van der Waals surface area contributed by atoms with Crippen LogP contribution in [0, 0.1) is 16.7 Å². The quantitative estimate of drug-likeness (QED) is 0.812. The van der Waals surface area contributed by atoms with E-state index in [2.05, 4.69) is 37.9 Å². The Morgan fingerprint density at radius 2 is 1.89 bits per heavy atom. The Kier molecular flexibility index (Phi) is 4.38. The highest BCUT2D eigenvalue weighted by Gasteiger charge is 2.33. The summed E-state index contributed by atoms with van der Waals surface area (Å²) in [6.07, 6.45) is 5.55. The van der Waals surface area contributed by atoms with Gasteiger partial charge in [-0.3, -0.25) is 0 Å². The van der Waals surface area contributed by atoms with Crippen LogP contribution in [0.4, 0.5) is 0 Å². The van der Waals surface area contributed by atoms with Crippen LogP contribution in [-0.2, 0) is 0 Å². The van der Waals surface area contributed by atoms with Gasteiger partial charge in [0.25, 0.3) is 0 Å². The van der Waals surface area contributed by atoms with Crippen molar-refractivity contribution in [3.8, 4) is 0 Å². The van der Waals surface area contributed by atoms with Crippen molar-refractivity contribution >= 4 is 0 Å². The summed E-state index contributed by atoms with van der Waals surface area (Å²) in [5.74, 6) is 0.922. The summed E-state index contributed by atoms with van der Waals surface area (Å²) in [4.78, 5) is 2.72. The van der Waals surface area contributed by atoms with Crippen LogP contribution < -0.4 is 5.32 Å². The molecule has 2 fully saturated rings. The van der Waals surface area contributed by atoms with E-state index in [4.69, 9.17) is 0 Å². The Hall–Kier alpha value is -0.0800. The third-order valence-electron chi connectivity index (χ3n) is 5.10. The lowest BCUT2D eigenvalue weighted by Gasteiger charge is -2.43. The van der Waals surface area contributed by atoms with Gasteiger partial charge in [0, 0.05) is 13.1 Å². The second kappa shape index (κ2) is 5.50. The standard InChI is InChI=1S/C16H32N2/c1-15(2,3)14-6-10-18(11-7-14)13-16(4)8-5-9-17-12-16/h14,17H,5-13H2,1-4H3. The van der Waals surface area contributed by atoms with Crippen LogP contribution in [0.5, 0.6) is 0 Å². The number of hydrogen-bond acceptors (Lipinski definition) is 2.